The average molecular weight is 909 g/mol. The number of para-hydroxylation sites is 1. The summed E-state index contributed by atoms with van der Waals surface area (Å²) in [5.74, 6) is 0. The number of aromatic nitrogens is 1. The smallest absolute Gasteiger partial charge is 0.333 e. The average Bonchev–Trinajstić information content (AvgIpc) is 4.00. The first-order chi connectivity index (χ1) is 33.1. The Morgan fingerprint density at radius 1 is 0.471 bits per heavy atom. The molecule has 0 bridgehead atoms. The minimum atomic E-state index is -0.225. The lowest BCUT2D eigenvalue weighted by molar-refractivity contribution is 0.584. The van der Waals surface area contributed by atoms with Crippen molar-refractivity contribution in [2.75, 3.05) is 4.81 Å². The molecular formula is C66H61BN2O. The fourth-order valence-corrected chi connectivity index (χ4v) is 13.5. The molecular weight excluding hydrogens is 848 g/mol. The van der Waals surface area contributed by atoms with Crippen molar-refractivity contribution in [3.8, 4) is 39.1 Å². The molecule has 70 heavy (non-hydrogen) atoms. The van der Waals surface area contributed by atoms with Crippen LogP contribution in [0.5, 0.6) is 0 Å². The highest BCUT2D eigenvalue weighted by atomic mass is 16.3. The molecule has 0 saturated heterocycles. The van der Waals surface area contributed by atoms with Crippen LogP contribution < -0.4 is 15.7 Å². The van der Waals surface area contributed by atoms with Gasteiger partial charge in [0.2, 0.25) is 0 Å². The van der Waals surface area contributed by atoms with E-state index in [4.69, 9.17) is 4.42 Å². The SMILES string of the molecule is CC(C)(C)c1ccc(N2B3c4cc5c(cc4-n4c6ccc(C(C)(C)C)cc6c6c7c(oc8ccccc87)c(c3c64)-c3cc4c(cc32)-c2ccc(C(C)(C)C)cc2C4(C)C)-c2ccccc2C5(C)C)cc1. The van der Waals surface area contributed by atoms with E-state index in [1.165, 1.54) is 128 Å². The first kappa shape index (κ1) is 42.1. The Kier molecular flexibility index (Phi) is 7.91. The molecule has 0 spiro atoms. The van der Waals surface area contributed by atoms with Gasteiger partial charge in [-0.2, -0.15) is 0 Å². The quantitative estimate of drug-likeness (QED) is 0.153. The molecule has 14 rings (SSSR count). The lowest BCUT2D eigenvalue weighted by Gasteiger charge is -2.43. The van der Waals surface area contributed by atoms with E-state index in [9.17, 15) is 0 Å². The highest BCUT2D eigenvalue weighted by Crippen LogP contribution is 2.58. The van der Waals surface area contributed by atoms with Crippen molar-refractivity contribution in [1.82, 2.24) is 4.57 Å². The van der Waals surface area contributed by atoms with Crippen molar-refractivity contribution in [3.63, 3.8) is 0 Å². The van der Waals surface area contributed by atoms with E-state index in [0.29, 0.717) is 0 Å². The summed E-state index contributed by atoms with van der Waals surface area (Å²) < 4.78 is 10.1. The van der Waals surface area contributed by atoms with Crippen LogP contribution >= 0.6 is 0 Å². The van der Waals surface area contributed by atoms with Gasteiger partial charge in [0.05, 0.1) is 11.0 Å². The molecule has 4 heteroatoms. The van der Waals surface area contributed by atoms with Gasteiger partial charge in [0.15, 0.2) is 0 Å². The first-order valence-electron chi connectivity index (χ1n) is 25.6. The fourth-order valence-electron chi connectivity index (χ4n) is 13.5. The van der Waals surface area contributed by atoms with Gasteiger partial charge < -0.3 is 13.8 Å². The zero-order chi connectivity index (χ0) is 48.5. The number of benzene rings is 8. The summed E-state index contributed by atoms with van der Waals surface area (Å²) in [5.41, 5.74) is 27.7. The maximum absolute atomic E-state index is 7.43. The molecule has 0 atom stereocenters. The van der Waals surface area contributed by atoms with E-state index in [0.717, 1.165) is 16.6 Å². The number of nitrogens with zero attached hydrogens (tertiary/aromatic N) is 2. The Bertz CT molecular complexity index is 4000. The number of fused-ring (bicyclic) bond motifs is 19. The Hall–Kier alpha value is -6.78. The number of hydrogen-bond donors (Lipinski definition) is 0. The van der Waals surface area contributed by atoms with Gasteiger partial charge in [-0.1, -0.05) is 175 Å². The van der Waals surface area contributed by atoms with Gasteiger partial charge in [0.25, 0.3) is 0 Å². The summed E-state index contributed by atoms with van der Waals surface area (Å²) in [6.07, 6.45) is 0. The van der Waals surface area contributed by atoms with E-state index < -0.39 is 0 Å². The van der Waals surface area contributed by atoms with E-state index in [1.807, 2.05) is 0 Å². The number of hydrogen-bond acceptors (Lipinski definition) is 2. The van der Waals surface area contributed by atoms with E-state index in [1.54, 1.807) is 0 Å². The van der Waals surface area contributed by atoms with Crippen molar-refractivity contribution in [2.24, 2.45) is 0 Å². The topological polar surface area (TPSA) is 21.3 Å². The van der Waals surface area contributed by atoms with E-state index in [-0.39, 0.29) is 33.9 Å². The maximum Gasteiger partial charge on any atom is 0.333 e. The summed E-state index contributed by atoms with van der Waals surface area (Å²) in [5, 5.41) is 4.94. The monoisotopic (exact) mass is 908 g/mol. The molecule has 4 heterocycles. The molecule has 0 unspecified atom stereocenters. The zero-order valence-electron chi connectivity index (χ0n) is 43.1. The second kappa shape index (κ2) is 13.1. The molecule has 2 aliphatic carbocycles. The molecule has 2 aromatic heterocycles. The predicted octanol–water partition coefficient (Wildman–Crippen LogP) is 16.4. The highest BCUT2D eigenvalue weighted by Gasteiger charge is 2.49. The third-order valence-corrected chi connectivity index (χ3v) is 17.4. The standard InChI is InChI=1S/C66H61BN2O/c1-62(2,3)36-22-26-39(27-23-36)69-53-33-43-41-28-24-38(64(7,8)9)31-48(41)66(12,13)49(43)32-46(53)58-59-60-56(57-42-19-15-17-21-55(42)70-61(57)58)45-30-37(63(4,5)6)25-29-52(45)68(60)54-34-44-40-18-14-16-20-47(40)65(10,11)50(44)35-51(54)67(59)69/h14-35H,1-13H3. The van der Waals surface area contributed by atoms with Crippen LogP contribution in [0.1, 0.15) is 129 Å². The van der Waals surface area contributed by atoms with Gasteiger partial charge in [0.1, 0.15) is 11.2 Å². The Labute approximate surface area is 413 Å². The van der Waals surface area contributed by atoms with Crippen LogP contribution in [0.25, 0.3) is 82.8 Å². The van der Waals surface area contributed by atoms with Crippen molar-refractivity contribution in [3.05, 3.63) is 172 Å². The molecule has 2 aliphatic heterocycles. The van der Waals surface area contributed by atoms with Crippen molar-refractivity contribution < 1.29 is 4.42 Å². The van der Waals surface area contributed by atoms with Crippen molar-refractivity contribution >= 4 is 72.9 Å². The van der Waals surface area contributed by atoms with Crippen molar-refractivity contribution in [2.45, 2.75) is 117 Å². The third-order valence-electron chi connectivity index (χ3n) is 17.4. The second-order valence-electron chi connectivity index (χ2n) is 25.4. The van der Waals surface area contributed by atoms with Crippen LogP contribution in [0.4, 0.5) is 11.4 Å². The molecule has 4 aliphatic rings. The number of rotatable bonds is 1. The minimum Gasteiger partial charge on any atom is -0.455 e. The molecule has 3 nitrogen and oxygen atoms in total. The summed E-state index contributed by atoms with van der Waals surface area (Å²) >= 11 is 0. The third kappa shape index (κ3) is 5.27. The van der Waals surface area contributed by atoms with Crippen LogP contribution in [0.2, 0.25) is 0 Å². The molecule has 10 aromatic rings. The Morgan fingerprint density at radius 3 is 1.79 bits per heavy atom. The van der Waals surface area contributed by atoms with Crippen LogP contribution in [0.3, 0.4) is 0 Å². The molecule has 0 saturated carbocycles. The first-order valence-corrected chi connectivity index (χ1v) is 25.6. The minimum absolute atomic E-state index is 0.0114. The molecule has 344 valence electrons. The number of furan rings is 1. The summed E-state index contributed by atoms with van der Waals surface area (Å²) in [6.45, 7) is 30.5. The summed E-state index contributed by atoms with van der Waals surface area (Å²) in [4.78, 5) is 2.73. The van der Waals surface area contributed by atoms with Gasteiger partial charge in [0, 0.05) is 60.6 Å². The lowest BCUT2D eigenvalue weighted by atomic mass is 9.43. The largest absolute Gasteiger partial charge is 0.455 e. The Morgan fingerprint density at radius 2 is 1.06 bits per heavy atom. The van der Waals surface area contributed by atoms with Gasteiger partial charge in [-0.05, 0) is 137 Å². The maximum atomic E-state index is 7.43. The highest BCUT2D eigenvalue weighted by molar-refractivity contribution is 6.94. The van der Waals surface area contributed by atoms with Gasteiger partial charge in [-0.25, -0.2) is 0 Å². The van der Waals surface area contributed by atoms with Gasteiger partial charge in [-0.15, -0.1) is 0 Å². The lowest BCUT2D eigenvalue weighted by Crippen LogP contribution is -2.60. The van der Waals surface area contributed by atoms with E-state index >= 15 is 0 Å². The van der Waals surface area contributed by atoms with Crippen molar-refractivity contribution in [1.29, 1.82) is 0 Å². The molecule has 0 fully saturated rings. The number of anilines is 2. The molecule has 0 radical (unpaired) electrons. The molecule has 0 N–H and O–H groups in total. The Balaban J connectivity index is 1.20. The summed E-state index contributed by atoms with van der Waals surface area (Å²) in [7, 11) is 0. The van der Waals surface area contributed by atoms with Crippen LogP contribution in [-0.2, 0) is 27.1 Å². The van der Waals surface area contributed by atoms with Gasteiger partial charge >= 0.3 is 6.85 Å². The fraction of sp³-hybridized carbons (Fsp3) is 0.273. The molecule has 8 aromatic carbocycles. The van der Waals surface area contributed by atoms with Crippen LogP contribution in [-0.4, -0.2) is 11.4 Å². The van der Waals surface area contributed by atoms with E-state index in [2.05, 4.69) is 233 Å². The summed E-state index contributed by atoms with van der Waals surface area (Å²) in [6, 6.07) is 52.4. The van der Waals surface area contributed by atoms with Crippen LogP contribution in [0.15, 0.2) is 138 Å². The zero-order valence-corrected chi connectivity index (χ0v) is 43.1. The van der Waals surface area contributed by atoms with Crippen LogP contribution in [0, 0.1) is 0 Å². The normalized spacial score (nSPS) is 16.0. The second-order valence-corrected chi connectivity index (χ2v) is 25.4. The predicted molar refractivity (Wildman–Crippen MR) is 298 cm³/mol. The van der Waals surface area contributed by atoms with Gasteiger partial charge in [-0.3, -0.25) is 0 Å². The molecule has 0 amide bonds.